The highest BCUT2D eigenvalue weighted by molar-refractivity contribution is 6.46. The van der Waals surface area contributed by atoms with Crippen LogP contribution in [-0.4, -0.2) is 32.8 Å². The van der Waals surface area contributed by atoms with Crippen LogP contribution in [0.15, 0.2) is 64.8 Å². The number of furan rings is 1. The molecule has 2 aromatic heterocycles. The third-order valence-electron chi connectivity index (χ3n) is 5.82. The van der Waals surface area contributed by atoms with Gasteiger partial charge in [0.1, 0.15) is 35.2 Å². The topological polar surface area (TPSA) is 92.9 Å². The zero-order valence-corrected chi connectivity index (χ0v) is 17.7. The van der Waals surface area contributed by atoms with Crippen LogP contribution < -0.4 is 4.74 Å². The largest absolute Gasteiger partial charge is 0.507 e. The van der Waals surface area contributed by atoms with E-state index in [1.807, 2.05) is 19.1 Å². The Morgan fingerprint density at radius 1 is 1.22 bits per heavy atom. The minimum absolute atomic E-state index is 0.0140. The maximum absolute atomic E-state index is 13.1. The lowest BCUT2D eigenvalue weighted by Gasteiger charge is -2.23. The lowest BCUT2D eigenvalue weighted by atomic mass is 9.97. The predicted molar refractivity (Wildman–Crippen MR) is 116 cm³/mol. The summed E-state index contributed by atoms with van der Waals surface area (Å²) in [7, 11) is 0. The van der Waals surface area contributed by atoms with E-state index in [0.717, 1.165) is 16.9 Å². The number of benzene rings is 1. The molecule has 0 radical (unpaired) electrons. The van der Waals surface area contributed by atoms with Crippen LogP contribution in [0.2, 0.25) is 0 Å². The van der Waals surface area contributed by atoms with Crippen molar-refractivity contribution >= 4 is 17.4 Å². The van der Waals surface area contributed by atoms with Crippen LogP contribution in [0.5, 0.6) is 5.75 Å². The van der Waals surface area contributed by atoms with Crippen molar-refractivity contribution in [1.82, 2.24) is 9.88 Å². The zero-order chi connectivity index (χ0) is 22.4. The van der Waals surface area contributed by atoms with E-state index in [4.69, 9.17) is 9.15 Å². The number of nitrogens with zero attached hydrogens (tertiary/aromatic N) is 2. The summed E-state index contributed by atoms with van der Waals surface area (Å²) in [6, 6.07) is 11.6. The van der Waals surface area contributed by atoms with E-state index in [1.165, 1.54) is 4.90 Å². The van der Waals surface area contributed by atoms with Gasteiger partial charge in [-0.3, -0.25) is 14.6 Å². The Morgan fingerprint density at radius 3 is 2.78 bits per heavy atom. The maximum atomic E-state index is 13.1. The molecule has 5 rings (SSSR count). The van der Waals surface area contributed by atoms with E-state index in [-0.39, 0.29) is 24.0 Å². The summed E-state index contributed by atoms with van der Waals surface area (Å²) in [5, 5.41) is 11.2. The fourth-order valence-electron chi connectivity index (χ4n) is 4.35. The Kier molecular flexibility index (Phi) is 4.81. The van der Waals surface area contributed by atoms with Crippen LogP contribution in [0.25, 0.3) is 5.76 Å². The molecule has 7 nitrogen and oxygen atoms in total. The highest BCUT2D eigenvalue weighted by atomic mass is 16.5. The number of aliphatic hydroxyl groups excluding tert-OH is 1. The van der Waals surface area contributed by atoms with E-state index in [0.29, 0.717) is 23.5 Å². The molecule has 2 atom stereocenters. The lowest BCUT2D eigenvalue weighted by molar-refractivity contribution is -0.140. The van der Waals surface area contributed by atoms with Gasteiger partial charge in [0.05, 0.1) is 5.57 Å². The number of hydrogen-bond acceptors (Lipinski definition) is 6. The molecule has 2 aliphatic heterocycles. The van der Waals surface area contributed by atoms with Crippen molar-refractivity contribution in [3.63, 3.8) is 0 Å². The molecule has 0 saturated carbocycles. The number of ether oxygens (including phenoxy) is 1. The number of ketones is 1. The molecule has 162 valence electrons. The van der Waals surface area contributed by atoms with Crippen LogP contribution >= 0.6 is 0 Å². The van der Waals surface area contributed by atoms with Gasteiger partial charge in [-0.2, -0.15) is 0 Å². The van der Waals surface area contributed by atoms with E-state index in [2.05, 4.69) is 4.98 Å². The molecule has 0 aliphatic carbocycles. The quantitative estimate of drug-likeness (QED) is 0.383. The van der Waals surface area contributed by atoms with E-state index in [1.54, 1.807) is 49.6 Å². The molecule has 32 heavy (non-hydrogen) atoms. The van der Waals surface area contributed by atoms with Gasteiger partial charge in [-0.25, -0.2) is 0 Å². The first kappa shape index (κ1) is 20.1. The van der Waals surface area contributed by atoms with Crippen molar-refractivity contribution in [3.8, 4) is 5.75 Å². The molecule has 1 N–H and O–H groups in total. The Balaban J connectivity index is 1.62. The summed E-state index contributed by atoms with van der Waals surface area (Å²) in [4.78, 5) is 31.6. The second kappa shape index (κ2) is 7.67. The molecule has 3 aromatic rings. The van der Waals surface area contributed by atoms with Gasteiger partial charge < -0.3 is 19.2 Å². The van der Waals surface area contributed by atoms with Crippen molar-refractivity contribution in [3.05, 3.63) is 88.6 Å². The Morgan fingerprint density at radius 2 is 2.06 bits per heavy atom. The molecule has 1 fully saturated rings. The van der Waals surface area contributed by atoms with Gasteiger partial charge in [0, 0.05) is 30.9 Å². The summed E-state index contributed by atoms with van der Waals surface area (Å²) in [5.74, 6) is 0.187. The summed E-state index contributed by atoms with van der Waals surface area (Å²) in [5.41, 5.74) is 2.21. The number of rotatable bonds is 4. The van der Waals surface area contributed by atoms with Crippen LogP contribution in [-0.2, 0) is 22.6 Å². The minimum atomic E-state index is -0.840. The van der Waals surface area contributed by atoms with Crippen LogP contribution in [0.4, 0.5) is 0 Å². The van der Waals surface area contributed by atoms with Crippen molar-refractivity contribution < 1.29 is 23.8 Å². The van der Waals surface area contributed by atoms with Gasteiger partial charge in [-0.1, -0.05) is 6.07 Å². The number of aromatic nitrogens is 1. The third kappa shape index (κ3) is 3.36. The Hall–Kier alpha value is -3.87. The number of amides is 1. The standard InChI is InChI=1S/C25H22N2O5/c1-14-5-7-20(31-14)22-21(23(28)17-6-8-19-18(11-17)10-15(2)32-19)24(29)25(30)27(22)13-16-4-3-9-26-12-16/h3-9,11-12,15,22,28H,10,13H2,1-2H3/t15-,22+/m1/s1. The van der Waals surface area contributed by atoms with Gasteiger partial charge in [0.15, 0.2) is 0 Å². The average Bonchev–Trinajstić information content (AvgIpc) is 3.44. The second-order valence-electron chi connectivity index (χ2n) is 8.19. The van der Waals surface area contributed by atoms with E-state index >= 15 is 0 Å². The van der Waals surface area contributed by atoms with Gasteiger partial charge in [0.2, 0.25) is 0 Å². The summed E-state index contributed by atoms with van der Waals surface area (Å²) in [6.45, 7) is 3.93. The molecule has 2 aliphatic rings. The smallest absolute Gasteiger partial charge is 0.296 e. The molecular weight excluding hydrogens is 408 g/mol. The lowest BCUT2D eigenvalue weighted by Crippen LogP contribution is -2.29. The first-order chi connectivity index (χ1) is 15.4. The minimum Gasteiger partial charge on any atom is -0.507 e. The molecule has 0 spiro atoms. The fourth-order valence-corrected chi connectivity index (χ4v) is 4.35. The van der Waals surface area contributed by atoms with Crippen LogP contribution in [0, 0.1) is 6.92 Å². The highest BCUT2D eigenvalue weighted by Crippen LogP contribution is 2.41. The van der Waals surface area contributed by atoms with Gasteiger partial charge in [-0.05, 0) is 61.4 Å². The number of Topliss-reactive ketones (excluding diaryl/α,β-unsaturated/α-hetero) is 1. The number of aliphatic hydroxyl groups is 1. The molecular formula is C25H22N2O5. The van der Waals surface area contributed by atoms with Crippen molar-refractivity contribution in [2.24, 2.45) is 0 Å². The molecule has 0 bridgehead atoms. The second-order valence-corrected chi connectivity index (χ2v) is 8.19. The van der Waals surface area contributed by atoms with Crippen LogP contribution in [0.3, 0.4) is 0 Å². The normalized spacial score (nSPS) is 21.6. The summed E-state index contributed by atoms with van der Waals surface area (Å²) < 4.78 is 11.5. The molecule has 1 aromatic carbocycles. The van der Waals surface area contributed by atoms with Gasteiger partial charge >= 0.3 is 0 Å². The number of aryl methyl sites for hydroxylation is 1. The SMILES string of the molecule is Cc1ccc([C@H]2C(=C(O)c3ccc4c(c3)C[C@@H](C)O4)C(=O)C(=O)N2Cc2cccnc2)o1. The van der Waals surface area contributed by atoms with E-state index < -0.39 is 17.7 Å². The number of likely N-dealkylation sites (tertiary alicyclic amines) is 1. The molecule has 0 unspecified atom stereocenters. The van der Waals surface area contributed by atoms with Crippen molar-refractivity contribution in [2.45, 2.75) is 39.0 Å². The van der Waals surface area contributed by atoms with Crippen molar-refractivity contribution in [1.29, 1.82) is 0 Å². The van der Waals surface area contributed by atoms with Crippen molar-refractivity contribution in [2.75, 3.05) is 0 Å². The monoisotopic (exact) mass is 430 g/mol. The molecule has 1 saturated heterocycles. The summed E-state index contributed by atoms with van der Waals surface area (Å²) in [6.07, 6.45) is 4.06. The van der Waals surface area contributed by atoms with Crippen LogP contribution in [0.1, 0.15) is 41.2 Å². The van der Waals surface area contributed by atoms with Gasteiger partial charge in [-0.15, -0.1) is 0 Å². The first-order valence-corrected chi connectivity index (χ1v) is 10.5. The number of carbonyl (C=O) groups excluding carboxylic acids is 2. The summed E-state index contributed by atoms with van der Waals surface area (Å²) >= 11 is 0. The number of pyridine rings is 1. The molecule has 7 heteroatoms. The maximum Gasteiger partial charge on any atom is 0.296 e. The Bertz CT molecular complexity index is 1240. The fraction of sp³-hybridized carbons (Fsp3) is 0.240. The third-order valence-corrected chi connectivity index (χ3v) is 5.82. The van der Waals surface area contributed by atoms with E-state index in [9.17, 15) is 14.7 Å². The molecule has 1 amide bonds. The van der Waals surface area contributed by atoms with Gasteiger partial charge in [0.25, 0.3) is 11.7 Å². The highest BCUT2D eigenvalue weighted by Gasteiger charge is 2.47. The number of hydrogen-bond donors (Lipinski definition) is 1. The number of carbonyl (C=O) groups is 2. The average molecular weight is 430 g/mol. The predicted octanol–water partition coefficient (Wildman–Crippen LogP) is 3.93. The zero-order valence-electron chi connectivity index (χ0n) is 17.7. The number of fused-ring (bicyclic) bond motifs is 1. The Labute approximate surface area is 184 Å². The first-order valence-electron chi connectivity index (χ1n) is 10.5. The molecule has 4 heterocycles.